The third kappa shape index (κ3) is 2.73. The van der Waals surface area contributed by atoms with Gasteiger partial charge in [-0.15, -0.1) is 11.3 Å². The maximum atomic E-state index is 6.50. The van der Waals surface area contributed by atoms with Gasteiger partial charge in [-0.25, -0.2) is 0 Å². The first kappa shape index (κ1) is 14.3. The number of nitrogens with zero attached hydrogens (tertiary/aromatic N) is 1. The lowest BCUT2D eigenvalue weighted by Gasteiger charge is -2.46. The second-order valence-corrected chi connectivity index (χ2v) is 6.68. The van der Waals surface area contributed by atoms with E-state index in [0.717, 1.165) is 41.9 Å². The Morgan fingerprint density at radius 1 is 1.50 bits per heavy atom. The number of nitrogens with two attached hydrogens (primary N) is 1. The molecule has 2 N–H and O–H groups in total. The van der Waals surface area contributed by atoms with Gasteiger partial charge in [0.15, 0.2) is 0 Å². The summed E-state index contributed by atoms with van der Waals surface area (Å²) in [6, 6.07) is 3.97. The molecule has 0 bridgehead atoms. The molecule has 102 valence electrons. The molecule has 1 aliphatic heterocycles. The Bertz CT molecular complexity index is 392. The minimum absolute atomic E-state index is 0.00176. The summed E-state index contributed by atoms with van der Waals surface area (Å²) in [5.41, 5.74) is 6.47. The fraction of sp³-hybridized carbons (Fsp3) is 0.692. The van der Waals surface area contributed by atoms with E-state index in [-0.39, 0.29) is 11.6 Å². The number of halogens is 1. The Balaban J connectivity index is 2.19. The minimum atomic E-state index is -0.0298. The molecule has 1 aromatic heterocycles. The van der Waals surface area contributed by atoms with Gasteiger partial charge in [-0.05, 0) is 25.5 Å². The topological polar surface area (TPSA) is 38.5 Å². The summed E-state index contributed by atoms with van der Waals surface area (Å²) in [7, 11) is 0. The summed E-state index contributed by atoms with van der Waals surface area (Å²) in [5, 5.41) is 0. The Kier molecular flexibility index (Phi) is 4.67. The van der Waals surface area contributed by atoms with Crippen LogP contribution < -0.4 is 5.73 Å². The molecular formula is C13H21ClN2OS. The third-order valence-corrected chi connectivity index (χ3v) is 5.33. The minimum Gasteiger partial charge on any atom is -0.379 e. The predicted octanol–water partition coefficient (Wildman–Crippen LogP) is 2.90. The number of thiophene rings is 1. The van der Waals surface area contributed by atoms with Crippen LogP contribution in [0.5, 0.6) is 0 Å². The SMILES string of the molecule is CCC(C)(C(N)c1ccc(Cl)s1)N1CCOCC1. The van der Waals surface area contributed by atoms with Crippen molar-refractivity contribution in [2.24, 2.45) is 5.73 Å². The molecule has 2 atom stereocenters. The van der Waals surface area contributed by atoms with Gasteiger partial charge in [0.25, 0.3) is 0 Å². The Labute approximate surface area is 118 Å². The van der Waals surface area contributed by atoms with Gasteiger partial charge in [-0.3, -0.25) is 4.90 Å². The summed E-state index contributed by atoms with van der Waals surface area (Å²) in [4.78, 5) is 3.62. The summed E-state index contributed by atoms with van der Waals surface area (Å²) in [6.07, 6.45) is 1.02. The molecule has 0 spiro atoms. The fourth-order valence-electron chi connectivity index (χ4n) is 2.52. The van der Waals surface area contributed by atoms with Crippen molar-refractivity contribution >= 4 is 22.9 Å². The van der Waals surface area contributed by atoms with Gasteiger partial charge < -0.3 is 10.5 Å². The number of ether oxygens (including phenoxy) is 1. The van der Waals surface area contributed by atoms with Crippen molar-refractivity contribution < 1.29 is 4.74 Å². The van der Waals surface area contributed by atoms with E-state index >= 15 is 0 Å². The number of hydrogen-bond acceptors (Lipinski definition) is 4. The van der Waals surface area contributed by atoms with Gasteiger partial charge in [0, 0.05) is 23.5 Å². The van der Waals surface area contributed by atoms with Crippen LogP contribution in [0.2, 0.25) is 4.34 Å². The van der Waals surface area contributed by atoms with Crippen LogP contribution in [0.1, 0.15) is 31.2 Å². The third-order valence-electron chi connectivity index (χ3n) is 4.02. The largest absolute Gasteiger partial charge is 0.379 e. The molecule has 0 saturated carbocycles. The molecule has 5 heteroatoms. The van der Waals surface area contributed by atoms with E-state index < -0.39 is 0 Å². The highest BCUT2D eigenvalue weighted by molar-refractivity contribution is 7.16. The zero-order valence-corrected chi connectivity index (χ0v) is 12.6. The van der Waals surface area contributed by atoms with Crippen molar-refractivity contribution in [3.8, 4) is 0 Å². The van der Waals surface area contributed by atoms with E-state index in [1.54, 1.807) is 11.3 Å². The Morgan fingerprint density at radius 3 is 2.67 bits per heavy atom. The van der Waals surface area contributed by atoms with Crippen LogP contribution in [0.3, 0.4) is 0 Å². The van der Waals surface area contributed by atoms with Crippen LogP contribution in [-0.2, 0) is 4.74 Å². The first-order valence-corrected chi connectivity index (χ1v) is 7.61. The zero-order valence-electron chi connectivity index (χ0n) is 11.0. The second kappa shape index (κ2) is 5.88. The van der Waals surface area contributed by atoms with E-state index in [9.17, 15) is 0 Å². The van der Waals surface area contributed by atoms with Gasteiger partial charge in [0.2, 0.25) is 0 Å². The molecule has 1 fully saturated rings. The molecular weight excluding hydrogens is 268 g/mol. The van der Waals surface area contributed by atoms with E-state index in [0.29, 0.717) is 0 Å². The molecule has 0 aliphatic carbocycles. The Hall–Kier alpha value is -0.130. The van der Waals surface area contributed by atoms with Crippen LogP contribution >= 0.6 is 22.9 Å². The van der Waals surface area contributed by atoms with Crippen LogP contribution in [0.25, 0.3) is 0 Å². The lowest BCUT2D eigenvalue weighted by Crippen LogP contribution is -2.56. The molecule has 1 saturated heterocycles. The first-order valence-electron chi connectivity index (χ1n) is 6.41. The van der Waals surface area contributed by atoms with E-state index in [2.05, 4.69) is 18.7 Å². The lowest BCUT2D eigenvalue weighted by molar-refractivity contribution is -0.0273. The molecule has 1 aromatic rings. The molecule has 3 nitrogen and oxygen atoms in total. The van der Waals surface area contributed by atoms with E-state index in [1.807, 2.05) is 12.1 Å². The molecule has 2 heterocycles. The number of morpholine rings is 1. The highest BCUT2D eigenvalue weighted by Crippen LogP contribution is 2.37. The summed E-state index contributed by atoms with van der Waals surface area (Å²) in [6.45, 7) is 7.95. The van der Waals surface area contributed by atoms with Gasteiger partial charge in [0.05, 0.1) is 23.6 Å². The Morgan fingerprint density at radius 2 is 2.17 bits per heavy atom. The van der Waals surface area contributed by atoms with Crippen LogP contribution in [0.15, 0.2) is 12.1 Å². The first-order chi connectivity index (χ1) is 8.58. The second-order valence-electron chi connectivity index (χ2n) is 4.93. The number of hydrogen-bond donors (Lipinski definition) is 1. The number of rotatable bonds is 4. The molecule has 2 rings (SSSR count). The van der Waals surface area contributed by atoms with Gasteiger partial charge in [-0.2, -0.15) is 0 Å². The normalized spacial score (nSPS) is 22.7. The average Bonchev–Trinajstić information content (AvgIpc) is 2.84. The van der Waals surface area contributed by atoms with Gasteiger partial charge >= 0.3 is 0 Å². The summed E-state index contributed by atoms with van der Waals surface area (Å²) in [5.74, 6) is 0. The maximum Gasteiger partial charge on any atom is 0.0931 e. The highest BCUT2D eigenvalue weighted by atomic mass is 35.5. The standard InChI is InChI=1S/C13H21ClN2OS/c1-3-13(2,16-6-8-17-9-7-16)12(15)10-4-5-11(14)18-10/h4-5,12H,3,6-9,15H2,1-2H3. The van der Waals surface area contributed by atoms with E-state index in [4.69, 9.17) is 22.1 Å². The fourth-order valence-corrected chi connectivity index (χ4v) is 3.72. The predicted molar refractivity (Wildman–Crippen MR) is 77.3 cm³/mol. The molecule has 0 aromatic carbocycles. The summed E-state index contributed by atoms with van der Waals surface area (Å²) >= 11 is 7.60. The van der Waals surface area contributed by atoms with Crippen molar-refractivity contribution in [2.45, 2.75) is 31.8 Å². The molecule has 0 amide bonds. The summed E-state index contributed by atoms with van der Waals surface area (Å²) < 4.78 is 6.23. The van der Waals surface area contributed by atoms with Gasteiger partial charge in [0.1, 0.15) is 0 Å². The molecule has 18 heavy (non-hydrogen) atoms. The van der Waals surface area contributed by atoms with Crippen LogP contribution in [0, 0.1) is 0 Å². The van der Waals surface area contributed by atoms with Crippen molar-refractivity contribution in [1.29, 1.82) is 0 Å². The lowest BCUT2D eigenvalue weighted by atomic mass is 9.86. The van der Waals surface area contributed by atoms with E-state index in [1.165, 1.54) is 0 Å². The van der Waals surface area contributed by atoms with Crippen molar-refractivity contribution in [3.63, 3.8) is 0 Å². The zero-order chi connectivity index (χ0) is 13.2. The average molecular weight is 289 g/mol. The van der Waals surface area contributed by atoms with Crippen molar-refractivity contribution in [2.75, 3.05) is 26.3 Å². The molecule has 1 aliphatic rings. The van der Waals surface area contributed by atoms with Gasteiger partial charge in [-0.1, -0.05) is 18.5 Å². The highest BCUT2D eigenvalue weighted by Gasteiger charge is 2.38. The quantitative estimate of drug-likeness (QED) is 0.926. The molecule has 2 unspecified atom stereocenters. The van der Waals surface area contributed by atoms with Crippen molar-refractivity contribution in [1.82, 2.24) is 4.90 Å². The van der Waals surface area contributed by atoms with Crippen molar-refractivity contribution in [3.05, 3.63) is 21.3 Å². The smallest absolute Gasteiger partial charge is 0.0931 e. The maximum absolute atomic E-state index is 6.50. The van der Waals surface area contributed by atoms with Crippen LogP contribution in [-0.4, -0.2) is 36.7 Å². The van der Waals surface area contributed by atoms with Crippen LogP contribution in [0.4, 0.5) is 0 Å². The monoisotopic (exact) mass is 288 g/mol. The molecule has 0 radical (unpaired) electrons.